The van der Waals surface area contributed by atoms with Crippen molar-refractivity contribution in [3.63, 3.8) is 0 Å². The maximum absolute atomic E-state index is 12.2. The molecule has 6 nitrogen and oxygen atoms in total. The molecule has 0 bridgehead atoms. The minimum Gasteiger partial charge on any atom is -0.370 e. The zero-order valence-electron chi connectivity index (χ0n) is 10.6. The summed E-state index contributed by atoms with van der Waals surface area (Å²) in [5.41, 5.74) is 4.29. The topological polar surface area (TPSA) is 97.9 Å². The molecular formula is C12H15N3O3S. The Bertz CT molecular complexity index is 726. The van der Waals surface area contributed by atoms with E-state index < -0.39 is 11.6 Å². The average Bonchev–Trinajstić information content (AvgIpc) is 2.76. The normalized spacial score (nSPS) is 11.0. The fourth-order valence-electron chi connectivity index (χ4n) is 1.88. The predicted molar refractivity (Wildman–Crippen MR) is 74.5 cm³/mol. The number of nitrogens with two attached hydrogens (primary N) is 1. The van der Waals surface area contributed by atoms with Gasteiger partial charge in [0.05, 0.1) is 5.39 Å². The van der Waals surface area contributed by atoms with Gasteiger partial charge in [-0.15, -0.1) is 11.3 Å². The monoisotopic (exact) mass is 281 g/mol. The first-order chi connectivity index (χ1) is 9.02. The van der Waals surface area contributed by atoms with Gasteiger partial charge in [0, 0.05) is 17.8 Å². The lowest BCUT2D eigenvalue weighted by Gasteiger charge is -2.03. The van der Waals surface area contributed by atoms with Gasteiger partial charge in [0.1, 0.15) is 4.83 Å². The van der Waals surface area contributed by atoms with Crippen LogP contribution in [0.4, 0.5) is 0 Å². The largest absolute Gasteiger partial charge is 0.370 e. The molecule has 19 heavy (non-hydrogen) atoms. The van der Waals surface area contributed by atoms with E-state index >= 15 is 0 Å². The van der Waals surface area contributed by atoms with E-state index in [1.807, 2.05) is 13.0 Å². The molecule has 2 rings (SSSR count). The molecule has 0 aliphatic carbocycles. The summed E-state index contributed by atoms with van der Waals surface area (Å²) in [7, 11) is 0. The van der Waals surface area contributed by atoms with Gasteiger partial charge >= 0.3 is 5.69 Å². The van der Waals surface area contributed by atoms with Crippen LogP contribution in [-0.2, 0) is 17.8 Å². The average molecular weight is 281 g/mol. The molecule has 7 heteroatoms. The highest BCUT2D eigenvalue weighted by Crippen LogP contribution is 2.20. The van der Waals surface area contributed by atoms with Crippen LogP contribution in [0.2, 0.25) is 0 Å². The summed E-state index contributed by atoms with van der Waals surface area (Å²) in [6.45, 7) is 2.19. The summed E-state index contributed by atoms with van der Waals surface area (Å²) in [5.74, 6) is -0.436. The molecule has 0 unspecified atom stereocenters. The van der Waals surface area contributed by atoms with Crippen molar-refractivity contribution in [3.8, 4) is 0 Å². The van der Waals surface area contributed by atoms with Gasteiger partial charge < -0.3 is 5.73 Å². The first kappa shape index (κ1) is 13.5. The second-order valence-electron chi connectivity index (χ2n) is 4.27. The highest BCUT2D eigenvalue weighted by atomic mass is 32.1. The number of carbonyl (C=O) groups excluding carboxylic acids is 1. The van der Waals surface area contributed by atoms with E-state index in [-0.39, 0.29) is 18.5 Å². The standard InChI is InChI=1S/C12H15N3O3S/c1-2-7-6-8-10(19-7)14-12(18)15(11(8)17)5-3-4-9(13)16/h6H,2-5H2,1H3,(H2,13,16)(H,14,18). The van der Waals surface area contributed by atoms with Crippen molar-refractivity contribution in [2.75, 3.05) is 0 Å². The number of H-pyrrole nitrogens is 1. The Kier molecular flexibility index (Phi) is 3.84. The molecule has 0 saturated carbocycles. The number of hydrogen-bond donors (Lipinski definition) is 2. The summed E-state index contributed by atoms with van der Waals surface area (Å²) in [6, 6.07) is 1.81. The maximum Gasteiger partial charge on any atom is 0.329 e. The molecular weight excluding hydrogens is 266 g/mol. The van der Waals surface area contributed by atoms with Crippen LogP contribution in [0.25, 0.3) is 10.2 Å². The van der Waals surface area contributed by atoms with Crippen molar-refractivity contribution >= 4 is 27.5 Å². The van der Waals surface area contributed by atoms with E-state index in [1.54, 1.807) is 0 Å². The van der Waals surface area contributed by atoms with Crippen LogP contribution < -0.4 is 17.0 Å². The Morgan fingerprint density at radius 3 is 2.84 bits per heavy atom. The highest BCUT2D eigenvalue weighted by molar-refractivity contribution is 7.18. The number of hydrogen-bond acceptors (Lipinski definition) is 4. The SMILES string of the molecule is CCc1cc2c(=O)n(CCCC(N)=O)c(=O)[nH]c2s1. The van der Waals surface area contributed by atoms with Crippen molar-refractivity contribution in [1.29, 1.82) is 0 Å². The molecule has 0 aliphatic rings. The third-order valence-electron chi connectivity index (χ3n) is 2.88. The highest BCUT2D eigenvalue weighted by Gasteiger charge is 2.10. The second-order valence-corrected chi connectivity index (χ2v) is 5.40. The molecule has 0 aliphatic heterocycles. The van der Waals surface area contributed by atoms with Crippen LogP contribution >= 0.6 is 11.3 Å². The molecule has 0 spiro atoms. The lowest BCUT2D eigenvalue weighted by Crippen LogP contribution is -2.34. The third kappa shape index (κ3) is 2.76. The number of amides is 1. The van der Waals surface area contributed by atoms with Gasteiger partial charge in [0.2, 0.25) is 5.91 Å². The van der Waals surface area contributed by atoms with Crippen LogP contribution in [0.1, 0.15) is 24.6 Å². The number of nitrogens with zero attached hydrogens (tertiary/aromatic N) is 1. The molecule has 0 fully saturated rings. The molecule has 2 aromatic rings. The molecule has 0 radical (unpaired) electrons. The molecule has 102 valence electrons. The summed E-state index contributed by atoms with van der Waals surface area (Å²) in [5, 5.41) is 0.528. The Morgan fingerprint density at radius 2 is 2.21 bits per heavy atom. The number of nitrogens with one attached hydrogen (secondary N) is 1. The number of fused-ring (bicyclic) bond motifs is 1. The van der Waals surface area contributed by atoms with Gasteiger partial charge in [0.25, 0.3) is 5.56 Å². The van der Waals surface area contributed by atoms with E-state index in [2.05, 4.69) is 4.98 Å². The molecule has 0 aromatic carbocycles. The van der Waals surface area contributed by atoms with Gasteiger partial charge in [-0.25, -0.2) is 4.79 Å². The number of aromatic amines is 1. The molecule has 0 atom stereocenters. The second kappa shape index (κ2) is 5.40. The lowest BCUT2D eigenvalue weighted by molar-refractivity contribution is -0.118. The van der Waals surface area contributed by atoms with Crippen molar-refractivity contribution < 1.29 is 4.79 Å². The van der Waals surface area contributed by atoms with Crippen molar-refractivity contribution in [2.24, 2.45) is 5.73 Å². The number of aryl methyl sites for hydroxylation is 1. The molecule has 2 aromatic heterocycles. The first-order valence-corrected chi connectivity index (χ1v) is 6.88. The minimum atomic E-state index is -0.438. The fourth-order valence-corrected chi connectivity index (χ4v) is 2.86. The van der Waals surface area contributed by atoms with E-state index in [0.29, 0.717) is 16.6 Å². The van der Waals surface area contributed by atoms with E-state index in [1.165, 1.54) is 11.3 Å². The van der Waals surface area contributed by atoms with Gasteiger partial charge in [-0.1, -0.05) is 6.92 Å². The Balaban J connectivity index is 2.41. The van der Waals surface area contributed by atoms with Gasteiger partial charge in [-0.05, 0) is 18.9 Å². The van der Waals surface area contributed by atoms with E-state index in [4.69, 9.17) is 5.73 Å². The Labute approximate surface area is 112 Å². The zero-order valence-corrected chi connectivity index (χ0v) is 11.4. The van der Waals surface area contributed by atoms with Crippen LogP contribution in [0.15, 0.2) is 15.7 Å². The van der Waals surface area contributed by atoms with E-state index in [0.717, 1.165) is 15.9 Å². The smallest absolute Gasteiger partial charge is 0.329 e. The molecule has 2 heterocycles. The maximum atomic E-state index is 12.2. The lowest BCUT2D eigenvalue weighted by atomic mass is 10.3. The summed E-state index contributed by atoms with van der Waals surface area (Å²) < 4.78 is 1.12. The number of thiophene rings is 1. The quantitative estimate of drug-likeness (QED) is 0.838. The molecule has 3 N–H and O–H groups in total. The predicted octanol–water partition coefficient (Wildman–Crippen LogP) is 0.579. The van der Waals surface area contributed by atoms with Gasteiger partial charge in [0.15, 0.2) is 0 Å². The minimum absolute atomic E-state index is 0.160. The molecule has 0 saturated heterocycles. The van der Waals surface area contributed by atoms with Gasteiger partial charge in [-0.3, -0.25) is 19.1 Å². The van der Waals surface area contributed by atoms with Crippen LogP contribution in [0, 0.1) is 0 Å². The van der Waals surface area contributed by atoms with Crippen molar-refractivity contribution in [1.82, 2.24) is 9.55 Å². The Hall–Kier alpha value is -1.89. The summed E-state index contributed by atoms with van der Waals surface area (Å²) in [4.78, 5) is 39.0. The fraction of sp³-hybridized carbons (Fsp3) is 0.417. The molecule has 1 amide bonds. The summed E-state index contributed by atoms with van der Waals surface area (Å²) in [6.07, 6.45) is 1.37. The zero-order chi connectivity index (χ0) is 14.0. The van der Waals surface area contributed by atoms with Crippen LogP contribution in [-0.4, -0.2) is 15.5 Å². The Morgan fingerprint density at radius 1 is 1.47 bits per heavy atom. The number of primary amides is 1. The van der Waals surface area contributed by atoms with Crippen molar-refractivity contribution in [3.05, 3.63) is 31.8 Å². The number of rotatable bonds is 5. The van der Waals surface area contributed by atoms with Crippen LogP contribution in [0.5, 0.6) is 0 Å². The number of carbonyl (C=O) groups is 1. The third-order valence-corrected chi connectivity index (χ3v) is 4.07. The van der Waals surface area contributed by atoms with Crippen LogP contribution in [0.3, 0.4) is 0 Å². The number of aromatic nitrogens is 2. The summed E-state index contributed by atoms with van der Waals surface area (Å²) >= 11 is 1.42. The van der Waals surface area contributed by atoms with Crippen molar-refractivity contribution in [2.45, 2.75) is 32.7 Å². The first-order valence-electron chi connectivity index (χ1n) is 6.06. The van der Waals surface area contributed by atoms with Gasteiger partial charge in [-0.2, -0.15) is 0 Å². The van der Waals surface area contributed by atoms with E-state index in [9.17, 15) is 14.4 Å².